The summed E-state index contributed by atoms with van der Waals surface area (Å²) in [6, 6.07) is 15.4. The Bertz CT molecular complexity index is 1270. The standard InChI is InChI=1S/C22H17F3N4O3/c1-21(20(30)31,13-6-8-14(9-7-13)22(23,24)25)32-19-11-10-15(26)12-18(19)29-27-16-4-2-3-5-17(16)28-29/h2-12H,26H2,1H3,(H,30,31). The van der Waals surface area contributed by atoms with E-state index >= 15 is 0 Å². The summed E-state index contributed by atoms with van der Waals surface area (Å²) in [6.45, 7) is 1.26. The van der Waals surface area contributed by atoms with Crippen LogP contribution in [-0.2, 0) is 16.6 Å². The third-order valence-corrected chi connectivity index (χ3v) is 4.97. The number of benzene rings is 3. The van der Waals surface area contributed by atoms with Crippen LogP contribution in [0.4, 0.5) is 18.9 Å². The molecule has 0 saturated carbocycles. The highest BCUT2D eigenvalue weighted by atomic mass is 19.4. The Hall–Kier alpha value is -4.08. The molecule has 0 spiro atoms. The number of carboxylic acid groups (broad SMARTS) is 1. The third-order valence-electron chi connectivity index (χ3n) is 4.97. The predicted octanol–water partition coefficient (Wildman–Crippen LogP) is 4.40. The first-order valence-electron chi connectivity index (χ1n) is 9.40. The minimum Gasteiger partial charge on any atom is -0.478 e. The van der Waals surface area contributed by atoms with Crippen LogP contribution in [0, 0.1) is 0 Å². The van der Waals surface area contributed by atoms with Crippen molar-refractivity contribution in [3.63, 3.8) is 0 Å². The first-order valence-corrected chi connectivity index (χ1v) is 9.40. The van der Waals surface area contributed by atoms with E-state index in [1.807, 2.05) is 0 Å². The number of aliphatic carboxylic acids is 1. The van der Waals surface area contributed by atoms with Gasteiger partial charge in [-0.3, -0.25) is 0 Å². The fourth-order valence-electron chi connectivity index (χ4n) is 3.17. The number of nitrogens with zero attached hydrogens (tertiary/aromatic N) is 3. The van der Waals surface area contributed by atoms with Gasteiger partial charge in [0, 0.05) is 11.3 Å². The molecule has 0 radical (unpaired) electrons. The van der Waals surface area contributed by atoms with Gasteiger partial charge >= 0.3 is 12.1 Å². The zero-order valence-corrected chi connectivity index (χ0v) is 16.7. The zero-order chi connectivity index (χ0) is 23.1. The minimum atomic E-state index is -4.54. The largest absolute Gasteiger partial charge is 0.478 e. The molecule has 0 saturated heterocycles. The van der Waals surface area contributed by atoms with Gasteiger partial charge in [0.15, 0.2) is 0 Å². The average Bonchev–Trinajstić information content (AvgIpc) is 3.18. The van der Waals surface area contributed by atoms with E-state index in [1.165, 1.54) is 29.9 Å². The van der Waals surface area contributed by atoms with Gasteiger partial charge in [-0.25, -0.2) is 4.79 Å². The molecule has 164 valence electrons. The van der Waals surface area contributed by atoms with Crippen molar-refractivity contribution in [3.05, 3.63) is 77.9 Å². The molecule has 3 N–H and O–H groups in total. The molecule has 3 aromatic carbocycles. The Morgan fingerprint density at radius 2 is 1.53 bits per heavy atom. The second kappa shape index (κ2) is 7.56. The number of carbonyl (C=O) groups is 1. The molecule has 7 nitrogen and oxygen atoms in total. The van der Waals surface area contributed by atoms with Crippen molar-refractivity contribution < 1.29 is 27.8 Å². The Kier molecular flexibility index (Phi) is 5.00. The van der Waals surface area contributed by atoms with Crippen LogP contribution in [0.5, 0.6) is 5.75 Å². The predicted molar refractivity (Wildman–Crippen MR) is 110 cm³/mol. The Balaban J connectivity index is 1.78. The Labute approximate surface area is 179 Å². The van der Waals surface area contributed by atoms with Gasteiger partial charge < -0.3 is 15.6 Å². The van der Waals surface area contributed by atoms with Crippen molar-refractivity contribution in [3.8, 4) is 11.4 Å². The number of anilines is 1. The van der Waals surface area contributed by atoms with Crippen LogP contribution in [0.2, 0.25) is 0 Å². The summed E-state index contributed by atoms with van der Waals surface area (Å²) in [7, 11) is 0. The zero-order valence-electron chi connectivity index (χ0n) is 16.7. The number of alkyl halides is 3. The molecule has 0 fully saturated rings. The lowest BCUT2D eigenvalue weighted by atomic mass is 9.94. The summed E-state index contributed by atoms with van der Waals surface area (Å²) in [4.78, 5) is 13.4. The number of nitrogen functional groups attached to an aromatic ring is 1. The van der Waals surface area contributed by atoms with E-state index in [4.69, 9.17) is 10.5 Å². The van der Waals surface area contributed by atoms with E-state index in [9.17, 15) is 23.1 Å². The molecule has 0 aliphatic heterocycles. The van der Waals surface area contributed by atoms with Crippen LogP contribution in [0.15, 0.2) is 66.7 Å². The van der Waals surface area contributed by atoms with Crippen molar-refractivity contribution in [2.24, 2.45) is 0 Å². The van der Waals surface area contributed by atoms with E-state index in [-0.39, 0.29) is 17.0 Å². The van der Waals surface area contributed by atoms with Crippen LogP contribution >= 0.6 is 0 Å². The van der Waals surface area contributed by atoms with Crippen molar-refractivity contribution in [2.75, 3.05) is 5.73 Å². The van der Waals surface area contributed by atoms with E-state index in [0.29, 0.717) is 16.7 Å². The molecule has 0 aliphatic rings. The summed E-state index contributed by atoms with van der Waals surface area (Å²) >= 11 is 0. The van der Waals surface area contributed by atoms with Crippen molar-refractivity contribution >= 4 is 22.7 Å². The van der Waals surface area contributed by atoms with E-state index in [0.717, 1.165) is 24.3 Å². The first-order chi connectivity index (χ1) is 15.1. The Morgan fingerprint density at radius 3 is 2.06 bits per heavy atom. The molecular weight excluding hydrogens is 425 g/mol. The second-order valence-electron chi connectivity index (χ2n) is 7.22. The van der Waals surface area contributed by atoms with Crippen LogP contribution in [-0.4, -0.2) is 26.1 Å². The van der Waals surface area contributed by atoms with Crippen molar-refractivity contribution in [2.45, 2.75) is 18.7 Å². The SMILES string of the molecule is CC(Oc1ccc(N)cc1-n1nc2ccccc2n1)(C(=O)O)c1ccc(C(F)(F)F)cc1. The molecule has 1 aromatic heterocycles. The number of carboxylic acids is 1. The smallest absolute Gasteiger partial charge is 0.416 e. The lowest BCUT2D eigenvalue weighted by Gasteiger charge is -2.28. The third kappa shape index (κ3) is 3.82. The van der Waals surface area contributed by atoms with Crippen molar-refractivity contribution in [1.29, 1.82) is 0 Å². The fraction of sp³-hybridized carbons (Fsp3) is 0.136. The number of nitrogens with two attached hydrogens (primary N) is 1. The number of rotatable bonds is 5. The first kappa shape index (κ1) is 21.2. The topological polar surface area (TPSA) is 103 Å². The molecule has 32 heavy (non-hydrogen) atoms. The quantitative estimate of drug-likeness (QED) is 0.444. The molecular formula is C22H17F3N4O3. The summed E-state index contributed by atoms with van der Waals surface area (Å²) in [5.74, 6) is -1.30. The number of ether oxygens (including phenoxy) is 1. The van der Waals surface area contributed by atoms with Crippen LogP contribution in [0.1, 0.15) is 18.1 Å². The van der Waals surface area contributed by atoms with Crippen LogP contribution < -0.4 is 10.5 Å². The highest BCUT2D eigenvalue weighted by Crippen LogP contribution is 2.35. The number of halogens is 3. The molecule has 0 bridgehead atoms. The highest BCUT2D eigenvalue weighted by Gasteiger charge is 2.40. The van der Waals surface area contributed by atoms with Gasteiger partial charge in [0.25, 0.3) is 0 Å². The molecule has 1 heterocycles. The summed E-state index contributed by atoms with van der Waals surface area (Å²) < 4.78 is 44.6. The Morgan fingerprint density at radius 1 is 0.969 bits per heavy atom. The molecule has 4 aromatic rings. The number of fused-ring (bicyclic) bond motifs is 1. The number of aromatic nitrogens is 3. The van der Waals surface area contributed by atoms with Crippen LogP contribution in [0.3, 0.4) is 0 Å². The lowest BCUT2D eigenvalue weighted by Crippen LogP contribution is -2.39. The molecule has 4 rings (SSSR count). The van der Waals surface area contributed by atoms with E-state index in [1.54, 1.807) is 24.3 Å². The minimum absolute atomic E-state index is 0.0272. The highest BCUT2D eigenvalue weighted by molar-refractivity contribution is 5.80. The summed E-state index contributed by atoms with van der Waals surface area (Å²) in [5.41, 5.74) is 4.88. The molecule has 0 amide bonds. The number of hydrogen-bond acceptors (Lipinski definition) is 5. The van der Waals surface area contributed by atoms with Crippen LogP contribution in [0.25, 0.3) is 16.7 Å². The molecule has 10 heteroatoms. The summed E-state index contributed by atoms with van der Waals surface area (Å²) in [5, 5.41) is 18.6. The van der Waals surface area contributed by atoms with E-state index < -0.39 is 23.3 Å². The summed E-state index contributed by atoms with van der Waals surface area (Å²) in [6.07, 6.45) is -4.54. The maximum absolute atomic E-state index is 12.9. The maximum atomic E-state index is 12.9. The van der Waals surface area contributed by atoms with Crippen molar-refractivity contribution in [1.82, 2.24) is 15.0 Å². The second-order valence-corrected chi connectivity index (χ2v) is 7.22. The average molecular weight is 442 g/mol. The molecule has 0 aliphatic carbocycles. The maximum Gasteiger partial charge on any atom is 0.416 e. The van der Waals surface area contributed by atoms with Gasteiger partial charge in [-0.15, -0.1) is 15.0 Å². The lowest BCUT2D eigenvalue weighted by molar-refractivity contribution is -0.154. The van der Waals surface area contributed by atoms with E-state index in [2.05, 4.69) is 10.2 Å². The van der Waals surface area contributed by atoms with Gasteiger partial charge in [0.05, 0.1) is 5.56 Å². The molecule has 1 atom stereocenters. The van der Waals surface area contributed by atoms with Gasteiger partial charge in [-0.1, -0.05) is 24.3 Å². The monoisotopic (exact) mass is 442 g/mol. The number of hydrogen-bond donors (Lipinski definition) is 2. The van der Waals surface area contributed by atoms with Gasteiger partial charge in [0.1, 0.15) is 22.5 Å². The fourth-order valence-corrected chi connectivity index (χ4v) is 3.17. The molecule has 1 unspecified atom stereocenters. The van der Waals surface area contributed by atoms with Gasteiger partial charge in [-0.2, -0.15) is 13.2 Å². The normalized spacial score (nSPS) is 13.6. The van der Waals surface area contributed by atoms with Gasteiger partial charge in [0.2, 0.25) is 5.60 Å². The van der Waals surface area contributed by atoms with Gasteiger partial charge in [-0.05, 0) is 49.4 Å².